The third-order valence-electron chi connectivity index (χ3n) is 4.82. The number of rotatable bonds is 12. The van der Waals surface area contributed by atoms with E-state index in [1.807, 2.05) is 6.92 Å². The molecular weight excluding hydrogens is 537 g/mol. The van der Waals surface area contributed by atoms with Gasteiger partial charge >= 0.3 is 0 Å². The molecule has 0 radical (unpaired) electrons. The summed E-state index contributed by atoms with van der Waals surface area (Å²) in [6.45, 7) is 5.65. The molecule has 0 saturated carbocycles. The van der Waals surface area contributed by atoms with E-state index in [4.69, 9.17) is 32.7 Å². The second-order valence-corrected chi connectivity index (χ2v) is 10.2. The summed E-state index contributed by atoms with van der Waals surface area (Å²) < 4.78 is 38.9. The first-order valence-corrected chi connectivity index (χ1v) is 13.3. The van der Waals surface area contributed by atoms with E-state index in [2.05, 4.69) is 17.1 Å². The first-order valence-electron chi connectivity index (χ1n) is 11.1. The maximum Gasteiger partial charge on any atom is 0.264 e. The van der Waals surface area contributed by atoms with Gasteiger partial charge in [-0.15, -0.1) is 0 Å². The topological polar surface area (TPSA) is 97.3 Å². The molecule has 0 aliphatic rings. The van der Waals surface area contributed by atoms with Gasteiger partial charge in [-0.3, -0.25) is 9.10 Å². The summed E-state index contributed by atoms with van der Waals surface area (Å²) in [5.74, 6) is 0.374. The Balaban J connectivity index is 1.81. The van der Waals surface area contributed by atoms with Crippen LogP contribution in [0.2, 0.25) is 10.0 Å². The highest BCUT2D eigenvalue weighted by Gasteiger charge is 2.28. The standard InChI is InChI=1S/C26H25Cl2N3O5S/c1-3-14-36-24-13-10-19(15-25(24)35-4-2)17-29-30-26(32)18-31(23-12-11-20(27)16-22(23)28)37(33,34)21-8-6-5-7-9-21/h3,5-13,15-17H,1,4,14,18H2,2H3,(H,30,32)/b29-17-. The number of halogens is 2. The van der Waals surface area contributed by atoms with Crippen LogP contribution in [0.25, 0.3) is 0 Å². The fourth-order valence-electron chi connectivity index (χ4n) is 3.19. The largest absolute Gasteiger partial charge is 0.490 e. The van der Waals surface area contributed by atoms with Crippen LogP contribution in [-0.4, -0.2) is 40.3 Å². The van der Waals surface area contributed by atoms with Crippen molar-refractivity contribution in [1.29, 1.82) is 0 Å². The number of hydrogen-bond acceptors (Lipinski definition) is 6. The molecule has 0 saturated heterocycles. The molecule has 37 heavy (non-hydrogen) atoms. The molecule has 3 rings (SSSR count). The molecule has 0 aromatic heterocycles. The number of carbonyl (C=O) groups is 1. The van der Waals surface area contributed by atoms with Crippen LogP contribution in [0.3, 0.4) is 0 Å². The minimum absolute atomic E-state index is 0.000431. The van der Waals surface area contributed by atoms with E-state index >= 15 is 0 Å². The summed E-state index contributed by atoms with van der Waals surface area (Å²) in [4.78, 5) is 12.8. The first-order chi connectivity index (χ1) is 17.8. The molecule has 194 valence electrons. The van der Waals surface area contributed by atoms with Gasteiger partial charge in [0.1, 0.15) is 13.2 Å². The Morgan fingerprint density at radius 3 is 2.49 bits per heavy atom. The highest BCUT2D eigenvalue weighted by Crippen LogP contribution is 2.32. The van der Waals surface area contributed by atoms with Gasteiger partial charge in [0.2, 0.25) is 0 Å². The number of hydrazone groups is 1. The molecule has 3 aromatic carbocycles. The summed E-state index contributed by atoms with van der Waals surface area (Å²) in [6, 6.07) is 17.2. The van der Waals surface area contributed by atoms with E-state index in [0.29, 0.717) is 35.3 Å². The lowest BCUT2D eigenvalue weighted by Crippen LogP contribution is -2.39. The second kappa shape index (κ2) is 13.1. The Morgan fingerprint density at radius 1 is 1.05 bits per heavy atom. The molecule has 11 heteroatoms. The van der Waals surface area contributed by atoms with Crippen LogP contribution < -0.4 is 19.2 Å². The van der Waals surface area contributed by atoms with Crippen molar-refractivity contribution in [2.24, 2.45) is 5.10 Å². The lowest BCUT2D eigenvalue weighted by Gasteiger charge is -2.24. The Labute approximate surface area is 226 Å². The molecule has 0 aliphatic heterocycles. The third-order valence-corrected chi connectivity index (χ3v) is 7.14. The predicted octanol–water partition coefficient (Wildman–Crippen LogP) is 5.30. The molecular formula is C26H25Cl2N3O5S. The Kier molecular flexibility index (Phi) is 9.96. The van der Waals surface area contributed by atoms with Crippen LogP contribution in [-0.2, 0) is 14.8 Å². The normalized spacial score (nSPS) is 11.2. The number of benzene rings is 3. The number of amides is 1. The van der Waals surface area contributed by atoms with Gasteiger partial charge in [-0.25, -0.2) is 13.8 Å². The van der Waals surface area contributed by atoms with Crippen LogP contribution in [0.4, 0.5) is 5.69 Å². The van der Waals surface area contributed by atoms with Crippen molar-refractivity contribution in [3.05, 3.63) is 95.0 Å². The monoisotopic (exact) mass is 561 g/mol. The third kappa shape index (κ3) is 7.48. The quantitative estimate of drug-likeness (QED) is 0.184. The zero-order valence-electron chi connectivity index (χ0n) is 19.9. The average molecular weight is 562 g/mol. The summed E-state index contributed by atoms with van der Waals surface area (Å²) in [6.07, 6.45) is 3.03. The van der Waals surface area contributed by atoms with Crippen LogP contribution in [0.1, 0.15) is 12.5 Å². The van der Waals surface area contributed by atoms with Gasteiger partial charge in [-0.1, -0.05) is 54.1 Å². The Morgan fingerprint density at radius 2 is 1.81 bits per heavy atom. The number of ether oxygens (including phenoxy) is 2. The molecule has 8 nitrogen and oxygen atoms in total. The Bertz CT molecular complexity index is 1380. The van der Waals surface area contributed by atoms with Crippen LogP contribution in [0, 0.1) is 0 Å². The predicted molar refractivity (Wildman–Crippen MR) is 146 cm³/mol. The minimum atomic E-state index is -4.13. The summed E-state index contributed by atoms with van der Waals surface area (Å²) >= 11 is 12.3. The van der Waals surface area contributed by atoms with Crippen molar-refractivity contribution >= 4 is 51.0 Å². The van der Waals surface area contributed by atoms with Gasteiger partial charge in [0, 0.05) is 5.02 Å². The first kappa shape index (κ1) is 28.0. The van der Waals surface area contributed by atoms with Crippen LogP contribution in [0.5, 0.6) is 11.5 Å². The maximum atomic E-state index is 13.4. The van der Waals surface area contributed by atoms with E-state index in [0.717, 1.165) is 4.31 Å². The molecule has 1 N–H and O–H groups in total. The number of nitrogens with one attached hydrogen (secondary N) is 1. The van der Waals surface area contributed by atoms with Crippen molar-refractivity contribution < 1.29 is 22.7 Å². The van der Waals surface area contributed by atoms with Crippen molar-refractivity contribution in [2.75, 3.05) is 24.1 Å². The molecule has 1 amide bonds. The van der Waals surface area contributed by atoms with Crippen LogP contribution in [0.15, 0.2) is 89.4 Å². The summed E-state index contributed by atoms with van der Waals surface area (Å²) in [5.41, 5.74) is 3.09. The van der Waals surface area contributed by atoms with Gasteiger partial charge in [0.15, 0.2) is 11.5 Å². The second-order valence-electron chi connectivity index (χ2n) is 7.45. The number of nitrogens with zero attached hydrogens (tertiary/aromatic N) is 2. The van der Waals surface area contributed by atoms with Gasteiger partial charge in [-0.2, -0.15) is 5.10 Å². The molecule has 0 atom stereocenters. The van der Waals surface area contributed by atoms with Gasteiger partial charge in [0.25, 0.3) is 15.9 Å². The lowest BCUT2D eigenvalue weighted by atomic mass is 10.2. The minimum Gasteiger partial charge on any atom is -0.490 e. The number of carbonyl (C=O) groups excluding carboxylic acids is 1. The van der Waals surface area contributed by atoms with Crippen molar-refractivity contribution in [2.45, 2.75) is 11.8 Å². The van der Waals surface area contributed by atoms with Gasteiger partial charge < -0.3 is 9.47 Å². The lowest BCUT2D eigenvalue weighted by molar-refractivity contribution is -0.119. The van der Waals surface area contributed by atoms with E-state index in [1.54, 1.807) is 42.5 Å². The van der Waals surface area contributed by atoms with E-state index in [-0.39, 0.29) is 15.6 Å². The fraction of sp³-hybridized carbons (Fsp3) is 0.154. The molecule has 0 heterocycles. The smallest absolute Gasteiger partial charge is 0.264 e. The van der Waals surface area contributed by atoms with Gasteiger partial charge in [-0.05, 0) is 61.0 Å². The fourth-order valence-corrected chi connectivity index (χ4v) is 5.21. The Hall–Kier alpha value is -3.53. The molecule has 0 aliphatic carbocycles. The molecule has 3 aromatic rings. The number of sulfonamides is 1. The summed E-state index contributed by atoms with van der Waals surface area (Å²) in [5, 5.41) is 4.36. The molecule has 0 unspecified atom stereocenters. The zero-order chi connectivity index (χ0) is 26.8. The van der Waals surface area contributed by atoms with E-state index < -0.39 is 22.5 Å². The number of hydrogen-bond donors (Lipinski definition) is 1. The number of anilines is 1. The average Bonchev–Trinajstić information content (AvgIpc) is 2.88. The molecule has 0 fully saturated rings. The van der Waals surface area contributed by atoms with Crippen molar-refractivity contribution in [3.63, 3.8) is 0 Å². The summed E-state index contributed by atoms with van der Waals surface area (Å²) in [7, 11) is -4.13. The SMILES string of the molecule is C=CCOc1ccc(/C=N\NC(=O)CN(c2ccc(Cl)cc2Cl)S(=O)(=O)c2ccccc2)cc1OCC. The molecule has 0 bridgehead atoms. The van der Waals surface area contributed by atoms with E-state index in [1.165, 1.54) is 36.5 Å². The maximum absolute atomic E-state index is 13.4. The van der Waals surface area contributed by atoms with Crippen molar-refractivity contribution in [3.8, 4) is 11.5 Å². The van der Waals surface area contributed by atoms with Crippen LogP contribution >= 0.6 is 23.2 Å². The molecule has 0 spiro atoms. The van der Waals surface area contributed by atoms with Crippen molar-refractivity contribution in [1.82, 2.24) is 5.43 Å². The van der Waals surface area contributed by atoms with Gasteiger partial charge in [0.05, 0.1) is 28.4 Å². The zero-order valence-corrected chi connectivity index (χ0v) is 22.3. The van der Waals surface area contributed by atoms with E-state index in [9.17, 15) is 13.2 Å². The highest BCUT2D eigenvalue weighted by atomic mass is 35.5. The highest BCUT2D eigenvalue weighted by molar-refractivity contribution is 7.92.